The summed E-state index contributed by atoms with van der Waals surface area (Å²) in [5, 5.41) is 10.5. The summed E-state index contributed by atoms with van der Waals surface area (Å²) in [7, 11) is 0. The number of pyridine rings is 1. The van der Waals surface area contributed by atoms with Crippen molar-refractivity contribution in [2.24, 2.45) is 0 Å². The van der Waals surface area contributed by atoms with Crippen molar-refractivity contribution in [3.05, 3.63) is 23.9 Å². The normalized spacial score (nSPS) is 9.43. The van der Waals surface area contributed by atoms with Crippen LogP contribution in [0, 0.1) is 0 Å². The third kappa shape index (κ3) is 2.74. The van der Waals surface area contributed by atoms with Crippen LogP contribution in [0.4, 0.5) is 5.82 Å². The first-order valence-corrected chi connectivity index (χ1v) is 3.81. The molecule has 74 valence electrons. The molecule has 0 spiro atoms. The second kappa shape index (κ2) is 4.22. The third-order valence-electron chi connectivity index (χ3n) is 1.44. The van der Waals surface area contributed by atoms with Crippen LogP contribution in [0.1, 0.15) is 10.4 Å². The molecule has 0 aromatic carbocycles. The molecule has 6 heteroatoms. The Morgan fingerprint density at radius 1 is 1.57 bits per heavy atom. The Hall–Kier alpha value is -2.11. The highest BCUT2D eigenvalue weighted by Crippen LogP contribution is 2.01. The molecular weight excluding hydrogens is 186 g/mol. The van der Waals surface area contributed by atoms with Crippen molar-refractivity contribution in [1.82, 2.24) is 10.3 Å². The molecule has 0 bridgehead atoms. The van der Waals surface area contributed by atoms with E-state index < -0.39 is 18.4 Å². The minimum atomic E-state index is -1.10. The lowest BCUT2D eigenvalue weighted by Crippen LogP contribution is -2.29. The van der Waals surface area contributed by atoms with Crippen LogP contribution in [-0.4, -0.2) is 28.5 Å². The first-order valence-electron chi connectivity index (χ1n) is 3.81. The minimum absolute atomic E-state index is 0.216. The number of carboxylic acid groups (broad SMARTS) is 1. The molecule has 1 heterocycles. The van der Waals surface area contributed by atoms with Crippen molar-refractivity contribution < 1.29 is 14.7 Å². The summed E-state index contributed by atoms with van der Waals surface area (Å²) in [5.74, 6) is -1.37. The monoisotopic (exact) mass is 195 g/mol. The molecule has 0 aliphatic rings. The lowest BCUT2D eigenvalue weighted by atomic mass is 10.2. The van der Waals surface area contributed by atoms with E-state index in [-0.39, 0.29) is 5.82 Å². The predicted molar refractivity (Wildman–Crippen MR) is 48.6 cm³/mol. The van der Waals surface area contributed by atoms with Gasteiger partial charge in [-0.3, -0.25) is 9.59 Å². The van der Waals surface area contributed by atoms with Gasteiger partial charge in [0.15, 0.2) is 0 Å². The summed E-state index contributed by atoms with van der Waals surface area (Å²) >= 11 is 0. The van der Waals surface area contributed by atoms with E-state index in [4.69, 9.17) is 10.8 Å². The molecule has 1 amide bonds. The van der Waals surface area contributed by atoms with Crippen LogP contribution in [0.15, 0.2) is 18.3 Å². The average molecular weight is 195 g/mol. The van der Waals surface area contributed by atoms with Crippen LogP contribution in [0.3, 0.4) is 0 Å². The zero-order chi connectivity index (χ0) is 10.6. The number of carbonyl (C=O) groups excluding carboxylic acids is 1. The van der Waals surface area contributed by atoms with Crippen molar-refractivity contribution in [3.8, 4) is 0 Å². The molecule has 0 unspecified atom stereocenters. The molecule has 1 rings (SSSR count). The Morgan fingerprint density at radius 3 is 2.86 bits per heavy atom. The largest absolute Gasteiger partial charge is 0.480 e. The van der Waals surface area contributed by atoms with Crippen molar-refractivity contribution in [3.63, 3.8) is 0 Å². The topological polar surface area (TPSA) is 105 Å². The molecule has 6 nitrogen and oxygen atoms in total. The van der Waals surface area contributed by atoms with Gasteiger partial charge in [0.25, 0.3) is 5.91 Å². The zero-order valence-corrected chi connectivity index (χ0v) is 7.23. The average Bonchev–Trinajstić information content (AvgIpc) is 2.14. The highest BCUT2D eigenvalue weighted by molar-refractivity contribution is 5.96. The number of anilines is 1. The molecule has 0 saturated carbocycles. The lowest BCUT2D eigenvalue weighted by Gasteiger charge is -2.01. The van der Waals surface area contributed by atoms with Crippen LogP contribution in [0.2, 0.25) is 0 Å². The summed E-state index contributed by atoms with van der Waals surface area (Å²) in [6, 6.07) is 2.82. The summed E-state index contributed by atoms with van der Waals surface area (Å²) in [4.78, 5) is 25.1. The number of nitrogens with one attached hydrogen (secondary N) is 1. The van der Waals surface area contributed by atoms with Gasteiger partial charge in [0.1, 0.15) is 12.4 Å². The molecule has 14 heavy (non-hydrogen) atoms. The van der Waals surface area contributed by atoms with E-state index in [1.54, 1.807) is 0 Å². The summed E-state index contributed by atoms with van der Waals surface area (Å²) < 4.78 is 0. The number of nitrogen functional groups attached to an aromatic ring is 1. The van der Waals surface area contributed by atoms with Gasteiger partial charge < -0.3 is 16.2 Å². The van der Waals surface area contributed by atoms with Crippen molar-refractivity contribution in [1.29, 1.82) is 0 Å². The maximum absolute atomic E-state index is 11.2. The van der Waals surface area contributed by atoms with Crippen molar-refractivity contribution in [2.75, 3.05) is 12.3 Å². The van der Waals surface area contributed by atoms with Crippen LogP contribution in [0.25, 0.3) is 0 Å². The van der Waals surface area contributed by atoms with Gasteiger partial charge >= 0.3 is 5.97 Å². The van der Waals surface area contributed by atoms with Crippen LogP contribution < -0.4 is 11.1 Å². The van der Waals surface area contributed by atoms with Gasteiger partial charge in [0.2, 0.25) is 0 Å². The number of aliphatic carboxylic acids is 1. The number of nitrogens with zero attached hydrogens (tertiary/aromatic N) is 1. The number of aromatic nitrogens is 1. The van der Waals surface area contributed by atoms with Crippen LogP contribution >= 0.6 is 0 Å². The molecule has 1 aromatic rings. The zero-order valence-electron chi connectivity index (χ0n) is 7.23. The Kier molecular flexibility index (Phi) is 3.01. The first kappa shape index (κ1) is 9.97. The summed E-state index contributed by atoms with van der Waals surface area (Å²) in [6.07, 6.45) is 1.38. The number of nitrogens with two attached hydrogens (primary N) is 1. The fraction of sp³-hybridized carbons (Fsp3) is 0.125. The van der Waals surface area contributed by atoms with E-state index >= 15 is 0 Å². The van der Waals surface area contributed by atoms with E-state index in [0.29, 0.717) is 5.56 Å². The quantitative estimate of drug-likeness (QED) is 0.601. The number of carbonyl (C=O) groups is 2. The van der Waals surface area contributed by atoms with Gasteiger partial charge in [-0.1, -0.05) is 0 Å². The van der Waals surface area contributed by atoms with Gasteiger partial charge in [0, 0.05) is 11.8 Å². The van der Waals surface area contributed by atoms with Crippen molar-refractivity contribution >= 4 is 17.7 Å². The van der Waals surface area contributed by atoms with Gasteiger partial charge in [-0.05, 0) is 12.1 Å². The van der Waals surface area contributed by atoms with E-state index in [0.717, 1.165) is 0 Å². The highest BCUT2D eigenvalue weighted by Gasteiger charge is 2.06. The maximum Gasteiger partial charge on any atom is 0.322 e. The number of hydrogen-bond acceptors (Lipinski definition) is 4. The van der Waals surface area contributed by atoms with Gasteiger partial charge in [0.05, 0.1) is 0 Å². The molecule has 0 saturated heterocycles. The summed E-state index contributed by atoms with van der Waals surface area (Å²) in [6.45, 7) is -0.416. The Morgan fingerprint density at radius 2 is 2.29 bits per heavy atom. The van der Waals surface area contributed by atoms with Gasteiger partial charge in [-0.15, -0.1) is 0 Å². The minimum Gasteiger partial charge on any atom is -0.480 e. The molecule has 4 N–H and O–H groups in total. The number of carboxylic acids is 1. The van der Waals surface area contributed by atoms with Crippen LogP contribution in [-0.2, 0) is 4.79 Å². The Balaban J connectivity index is 2.65. The molecule has 1 aromatic heterocycles. The standard InChI is InChI=1S/C8H9N3O3/c9-6-3-5(1-2-10-6)8(14)11-4-7(12)13/h1-3H,4H2,(H2,9,10)(H,11,14)(H,12,13). The van der Waals surface area contributed by atoms with Gasteiger partial charge in [-0.2, -0.15) is 0 Å². The number of rotatable bonds is 3. The number of amides is 1. The number of hydrogen-bond donors (Lipinski definition) is 3. The fourth-order valence-corrected chi connectivity index (χ4v) is 0.848. The molecule has 0 aliphatic heterocycles. The second-order valence-corrected chi connectivity index (χ2v) is 2.55. The molecule has 0 aliphatic carbocycles. The Labute approximate surface area is 79.8 Å². The molecule has 0 radical (unpaired) electrons. The molecule has 0 fully saturated rings. The van der Waals surface area contributed by atoms with Crippen LogP contribution in [0.5, 0.6) is 0 Å². The Bertz CT molecular complexity index is 365. The van der Waals surface area contributed by atoms with Crippen molar-refractivity contribution in [2.45, 2.75) is 0 Å². The summed E-state index contributed by atoms with van der Waals surface area (Å²) in [5.41, 5.74) is 5.64. The molecule has 0 atom stereocenters. The second-order valence-electron chi connectivity index (χ2n) is 2.55. The van der Waals surface area contributed by atoms with E-state index in [1.165, 1.54) is 18.3 Å². The van der Waals surface area contributed by atoms with E-state index in [1.807, 2.05) is 0 Å². The maximum atomic E-state index is 11.2. The third-order valence-corrected chi connectivity index (χ3v) is 1.44. The smallest absolute Gasteiger partial charge is 0.322 e. The fourth-order valence-electron chi connectivity index (χ4n) is 0.848. The molecular formula is C8H9N3O3. The highest BCUT2D eigenvalue weighted by atomic mass is 16.4. The first-order chi connectivity index (χ1) is 6.59. The lowest BCUT2D eigenvalue weighted by molar-refractivity contribution is -0.135. The predicted octanol–water partition coefficient (Wildman–Crippen LogP) is -0.522. The van der Waals surface area contributed by atoms with Gasteiger partial charge in [-0.25, -0.2) is 4.98 Å². The van der Waals surface area contributed by atoms with E-state index in [2.05, 4.69) is 10.3 Å². The van der Waals surface area contributed by atoms with E-state index in [9.17, 15) is 9.59 Å². The SMILES string of the molecule is Nc1cc(C(=O)NCC(=O)O)ccn1.